The highest BCUT2D eigenvalue weighted by Crippen LogP contribution is 2.18. The van der Waals surface area contributed by atoms with Gasteiger partial charge in [-0.05, 0) is 46.1 Å². The van der Waals surface area contributed by atoms with Gasteiger partial charge in [0.1, 0.15) is 17.2 Å². The molecule has 2 N–H and O–H groups in total. The fourth-order valence-corrected chi connectivity index (χ4v) is 2.09. The molecule has 0 aliphatic heterocycles. The second-order valence-corrected chi connectivity index (χ2v) is 5.08. The Labute approximate surface area is 123 Å². The first-order valence-corrected chi connectivity index (χ1v) is 6.72. The highest BCUT2D eigenvalue weighted by atomic mass is 79.9. The normalized spacial score (nSPS) is 10.3. The molecule has 4 nitrogen and oxygen atoms in total. The number of rotatable bonds is 5. The summed E-state index contributed by atoms with van der Waals surface area (Å²) in [7, 11) is 0. The van der Waals surface area contributed by atoms with Crippen LogP contribution in [-0.2, 0) is 6.42 Å². The van der Waals surface area contributed by atoms with Gasteiger partial charge in [0.15, 0.2) is 0 Å². The summed E-state index contributed by atoms with van der Waals surface area (Å²) in [4.78, 5) is 15.1. The minimum atomic E-state index is -1.05. The molecule has 0 radical (unpaired) electrons. The van der Waals surface area contributed by atoms with Gasteiger partial charge in [-0.15, -0.1) is 0 Å². The lowest BCUT2D eigenvalue weighted by Crippen LogP contribution is -2.11. The molecule has 104 valence electrons. The standard InChI is InChI=1S/C14H12BrFN2O2/c15-10-7-12(14(19)20)13(18-8-10)17-5-4-9-2-1-3-11(16)6-9/h1-3,6-8H,4-5H2,(H,17,18)(H,19,20). The average molecular weight is 339 g/mol. The summed E-state index contributed by atoms with van der Waals surface area (Å²) in [6.07, 6.45) is 2.10. The molecule has 20 heavy (non-hydrogen) atoms. The molecule has 1 aromatic heterocycles. The van der Waals surface area contributed by atoms with Gasteiger partial charge >= 0.3 is 5.97 Å². The van der Waals surface area contributed by atoms with E-state index in [2.05, 4.69) is 26.2 Å². The topological polar surface area (TPSA) is 62.2 Å². The third kappa shape index (κ3) is 3.77. The Morgan fingerprint density at radius 2 is 2.20 bits per heavy atom. The van der Waals surface area contributed by atoms with E-state index in [4.69, 9.17) is 5.11 Å². The first kappa shape index (κ1) is 14.5. The monoisotopic (exact) mass is 338 g/mol. The number of hydrogen-bond acceptors (Lipinski definition) is 3. The molecule has 1 heterocycles. The number of anilines is 1. The summed E-state index contributed by atoms with van der Waals surface area (Å²) < 4.78 is 13.6. The van der Waals surface area contributed by atoms with Crippen LogP contribution in [0.1, 0.15) is 15.9 Å². The van der Waals surface area contributed by atoms with E-state index in [1.165, 1.54) is 24.4 Å². The number of carboxylic acids is 1. The maximum absolute atomic E-state index is 13.0. The fraction of sp³-hybridized carbons (Fsp3) is 0.143. The smallest absolute Gasteiger partial charge is 0.339 e. The van der Waals surface area contributed by atoms with Crippen LogP contribution >= 0.6 is 15.9 Å². The maximum atomic E-state index is 13.0. The number of carboxylic acid groups (broad SMARTS) is 1. The van der Waals surface area contributed by atoms with Crippen molar-refractivity contribution in [2.45, 2.75) is 6.42 Å². The van der Waals surface area contributed by atoms with Crippen LogP contribution in [0.25, 0.3) is 0 Å². The Kier molecular flexibility index (Phi) is 4.68. The third-order valence-corrected chi connectivity index (χ3v) is 3.11. The summed E-state index contributed by atoms with van der Waals surface area (Å²) in [5.74, 6) is -1.03. The Balaban J connectivity index is 2.02. The van der Waals surface area contributed by atoms with Gasteiger partial charge in [0.2, 0.25) is 0 Å². The molecular weight excluding hydrogens is 327 g/mol. The van der Waals surface area contributed by atoms with Crippen molar-refractivity contribution in [2.24, 2.45) is 0 Å². The predicted molar refractivity (Wildman–Crippen MR) is 77.5 cm³/mol. The molecule has 0 unspecified atom stereocenters. The molecule has 0 spiro atoms. The van der Waals surface area contributed by atoms with Gasteiger partial charge in [-0.3, -0.25) is 0 Å². The van der Waals surface area contributed by atoms with Crippen molar-refractivity contribution in [2.75, 3.05) is 11.9 Å². The Morgan fingerprint density at radius 3 is 2.90 bits per heavy atom. The number of benzene rings is 1. The van der Waals surface area contributed by atoms with Crippen molar-refractivity contribution in [1.82, 2.24) is 4.98 Å². The minimum Gasteiger partial charge on any atom is -0.478 e. The number of aromatic nitrogens is 1. The predicted octanol–water partition coefficient (Wildman–Crippen LogP) is 3.34. The van der Waals surface area contributed by atoms with Crippen LogP contribution in [0.3, 0.4) is 0 Å². The zero-order valence-electron chi connectivity index (χ0n) is 10.4. The summed E-state index contributed by atoms with van der Waals surface area (Å²) in [5.41, 5.74) is 0.935. The first-order valence-electron chi connectivity index (χ1n) is 5.93. The lowest BCUT2D eigenvalue weighted by Gasteiger charge is -2.09. The number of carbonyl (C=O) groups is 1. The molecule has 2 rings (SSSR count). The Hall–Kier alpha value is -1.95. The first-order chi connectivity index (χ1) is 9.56. The van der Waals surface area contributed by atoms with Crippen LogP contribution < -0.4 is 5.32 Å². The van der Waals surface area contributed by atoms with Crippen LogP contribution in [0.2, 0.25) is 0 Å². The van der Waals surface area contributed by atoms with E-state index in [1.54, 1.807) is 6.07 Å². The lowest BCUT2D eigenvalue weighted by atomic mass is 10.1. The van der Waals surface area contributed by atoms with Crippen LogP contribution in [0, 0.1) is 5.82 Å². The van der Waals surface area contributed by atoms with Crippen LogP contribution in [0.15, 0.2) is 41.0 Å². The van der Waals surface area contributed by atoms with E-state index in [0.717, 1.165) is 5.56 Å². The number of halogens is 2. The van der Waals surface area contributed by atoms with Crippen molar-refractivity contribution in [1.29, 1.82) is 0 Å². The maximum Gasteiger partial charge on any atom is 0.339 e. The van der Waals surface area contributed by atoms with Gasteiger partial charge in [0, 0.05) is 17.2 Å². The van der Waals surface area contributed by atoms with E-state index in [9.17, 15) is 9.18 Å². The van der Waals surface area contributed by atoms with Crippen LogP contribution in [0.5, 0.6) is 0 Å². The molecule has 0 aliphatic carbocycles. The van der Waals surface area contributed by atoms with Crippen molar-refractivity contribution < 1.29 is 14.3 Å². The molecule has 0 bridgehead atoms. The quantitative estimate of drug-likeness (QED) is 0.877. The van der Waals surface area contributed by atoms with E-state index < -0.39 is 5.97 Å². The minimum absolute atomic E-state index is 0.0959. The molecular formula is C14H12BrFN2O2. The van der Waals surface area contributed by atoms with Gasteiger partial charge in [0.25, 0.3) is 0 Å². The molecule has 2 aromatic rings. The Bertz CT molecular complexity index is 634. The molecule has 0 atom stereocenters. The number of nitrogens with zero attached hydrogens (tertiary/aromatic N) is 1. The number of aromatic carboxylic acids is 1. The molecule has 0 aliphatic rings. The van der Waals surface area contributed by atoms with Gasteiger partial charge in [-0.25, -0.2) is 14.2 Å². The molecule has 0 saturated carbocycles. The molecule has 0 fully saturated rings. The van der Waals surface area contributed by atoms with Crippen LogP contribution in [0.4, 0.5) is 10.2 Å². The third-order valence-electron chi connectivity index (χ3n) is 2.68. The van der Waals surface area contributed by atoms with Crippen molar-refractivity contribution in [3.63, 3.8) is 0 Å². The highest BCUT2D eigenvalue weighted by molar-refractivity contribution is 9.10. The number of hydrogen-bond donors (Lipinski definition) is 2. The van der Waals surface area contributed by atoms with Crippen molar-refractivity contribution in [3.05, 3.63) is 57.9 Å². The van der Waals surface area contributed by atoms with E-state index in [1.807, 2.05) is 6.07 Å². The molecule has 6 heteroatoms. The van der Waals surface area contributed by atoms with Crippen LogP contribution in [-0.4, -0.2) is 22.6 Å². The van der Waals surface area contributed by atoms with Crippen molar-refractivity contribution in [3.8, 4) is 0 Å². The second-order valence-electron chi connectivity index (χ2n) is 4.16. The van der Waals surface area contributed by atoms with Crippen molar-refractivity contribution >= 4 is 27.7 Å². The molecule has 0 saturated heterocycles. The zero-order chi connectivity index (χ0) is 14.5. The molecule has 1 aromatic carbocycles. The summed E-state index contributed by atoms with van der Waals surface area (Å²) in [5, 5.41) is 12.0. The highest BCUT2D eigenvalue weighted by Gasteiger charge is 2.11. The van der Waals surface area contributed by atoms with E-state index in [0.29, 0.717) is 23.3 Å². The SMILES string of the molecule is O=C(O)c1cc(Br)cnc1NCCc1cccc(F)c1. The van der Waals surface area contributed by atoms with Gasteiger partial charge in [-0.1, -0.05) is 12.1 Å². The summed E-state index contributed by atoms with van der Waals surface area (Å²) in [6, 6.07) is 7.79. The summed E-state index contributed by atoms with van der Waals surface area (Å²) >= 11 is 3.18. The zero-order valence-corrected chi connectivity index (χ0v) is 12.0. The average Bonchev–Trinajstić information content (AvgIpc) is 2.40. The lowest BCUT2D eigenvalue weighted by molar-refractivity contribution is 0.0697. The fourth-order valence-electron chi connectivity index (χ4n) is 1.76. The summed E-state index contributed by atoms with van der Waals surface area (Å²) in [6.45, 7) is 0.471. The molecule has 0 amide bonds. The van der Waals surface area contributed by atoms with Gasteiger partial charge < -0.3 is 10.4 Å². The number of pyridine rings is 1. The van der Waals surface area contributed by atoms with Gasteiger partial charge in [-0.2, -0.15) is 0 Å². The van der Waals surface area contributed by atoms with Gasteiger partial charge in [0.05, 0.1) is 0 Å². The largest absolute Gasteiger partial charge is 0.478 e. The Morgan fingerprint density at radius 1 is 1.40 bits per heavy atom. The second kappa shape index (κ2) is 6.47. The van der Waals surface area contributed by atoms with E-state index in [-0.39, 0.29) is 11.4 Å². The number of nitrogens with one attached hydrogen (secondary N) is 1. The van der Waals surface area contributed by atoms with E-state index >= 15 is 0 Å².